The van der Waals surface area contributed by atoms with Crippen LogP contribution < -0.4 is 10.3 Å². The maximum Gasteiger partial charge on any atom is 0.316 e. The maximum absolute atomic E-state index is 13.0. The minimum Gasteiger partial charge on any atom is -0.458 e. The average Bonchev–Trinajstić information content (AvgIpc) is 2.69. The molecule has 0 bridgehead atoms. The van der Waals surface area contributed by atoms with E-state index in [1.165, 1.54) is 6.07 Å². The Morgan fingerprint density at radius 2 is 2.04 bits per heavy atom. The predicted molar refractivity (Wildman–Crippen MR) is 96.1 cm³/mol. The second-order valence-corrected chi connectivity index (χ2v) is 6.41. The Hall–Kier alpha value is -3.29. The monoisotopic (exact) mass is 368 g/mol. The second kappa shape index (κ2) is 7.14. The Morgan fingerprint density at radius 1 is 1.26 bits per heavy atom. The lowest BCUT2D eigenvalue weighted by molar-refractivity contribution is 0.0517. The first-order chi connectivity index (χ1) is 13.1. The number of nitrogens with zero attached hydrogens (tertiary/aromatic N) is 3. The molecule has 2 aromatic heterocycles. The number of H-pyrrole nitrogens is 1. The smallest absolute Gasteiger partial charge is 0.316 e. The van der Waals surface area contributed by atoms with E-state index in [-0.39, 0.29) is 23.6 Å². The SMILES string of the molecule is O=C(c1cc(=O)[nH]c2ccccc12)N1CCCC(Oc2ncc(F)cn2)C1. The number of ether oxygens (including phenoxy) is 1. The summed E-state index contributed by atoms with van der Waals surface area (Å²) >= 11 is 0. The molecular weight excluding hydrogens is 351 g/mol. The highest BCUT2D eigenvalue weighted by Gasteiger charge is 2.27. The Kier molecular flexibility index (Phi) is 4.53. The van der Waals surface area contributed by atoms with Gasteiger partial charge < -0.3 is 14.6 Å². The summed E-state index contributed by atoms with van der Waals surface area (Å²) in [6.45, 7) is 0.921. The molecule has 3 heterocycles. The van der Waals surface area contributed by atoms with E-state index in [0.29, 0.717) is 29.6 Å². The van der Waals surface area contributed by atoms with Crippen molar-refractivity contribution < 1.29 is 13.9 Å². The summed E-state index contributed by atoms with van der Waals surface area (Å²) in [6.07, 6.45) is 3.27. The number of nitrogens with one attached hydrogen (secondary N) is 1. The number of carbonyl (C=O) groups is 1. The molecule has 0 aliphatic carbocycles. The molecule has 0 spiro atoms. The number of para-hydroxylation sites is 1. The maximum atomic E-state index is 13.0. The molecule has 27 heavy (non-hydrogen) atoms. The van der Waals surface area contributed by atoms with Crippen LogP contribution in [0, 0.1) is 5.82 Å². The second-order valence-electron chi connectivity index (χ2n) is 6.41. The number of halogens is 1. The zero-order chi connectivity index (χ0) is 18.8. The van der Waals surface area contributed by atoms with Crippen LogP contribution in [0.5, 0.6) is 6.01 Å². The Balaban J connectivity index is 1.55. The summed E-state index contributed by atoms with van der Waals surface area (Å²) < 4.78 is 18.6. The Labute approximate surface area is 153 Å². The number of pyridine rings is 1. The van der Waals surface area contributed by atoms with Crippen LogP contribution in [0.1, 0.15) is 23.2 Å². The van der Waals surface area contributed by atoms with Crippen LogP contribution in [0.2, 0.25) is 0 Å². The molecule has 1 fully saturated rings. The van der Waals surface area contributed by atoms with Gasteiger partial charge in [-0.15, -0.1) is 0 Å². The van der Waals surface area contributed by atoms with Crippen LogP contribution in [0.4, 0.5) is 4.39 Å². The Morgan fingerprint density at radius 3 is 2.85 bits per heavy atom. The highest BCUT2D eigenvalue weighted by Crippen LogP contribution is 2.21. The topological polar surface area (TPSA) is 88.2 Å². The van der Waals surface area contributed by atoms with Gasteiger partial charge in [-0.05, 0) is 18.9 Å². The first-order valence-electron chi connectivity index (χ1n) is 8.66. The third-order valence-corrected chi connectivity index (χ3v) is 4.52. The Bertz CT molecular complexity index is 1040. The third kappa shape index (κ3) is 3.64. The highest BCUT2D eigenvalue weighted by molar-refractivity contribution is 6.05. The van der Waals surface area contributed by atoms with E-state index in [2.05, 4.69) is 15.0 Å². The zero-order valence-corrected chi connectivity index (χ0v) is 14.4. The van der Waals surface area contributed by atoms with Gasteiger partial charge in [0, 0.05) is 23.5 Å². The number of aromatic amines is 1. The van der Waals surface area contributed by atoms with E-state index in [0.717, 1.165) is 25.2 Å². The number of hydrogen-bond acceptors (Lipinski definition) is 5. The molecule has 8 heteroatoms. The molecular formula is C19H17FN4O3. The van der Waals surface area contributed by atoms with Gasteiger partial charge in [-0.1, -0.05) is 18.2 Å². The molecule has 1 aromatic carbocycles. The van der Waals surface area contributed by atoms with Crippen molar-refractivity contribution in [2.24, 2.45) is 0 Å². The number of hydrogen-bond donors (Lipinski definition) is 1. The van der Waals surface area contributed by atoms with Crippen molar-refractivity contribution >= 4 is 16.8 Å². The quantitative estimate of drug-likeness (QED) is 0.765. The predicted octanol–water partition coefficient (Wildman–Crippen LogP) is 2.14. The highest BCUT2D eigenvalue weighted by atomic mass is 19.1. The molecule has 1 atom stereocenters. The molecule has 138 valence electrons. The normalized spacial score (nSPS) is 17.1. The van der Waals surface area contributed by atoms with E-state index in [9.17, 15) is 14.0 Å². The summed E-state index contributed by atoms with van der Waals surface area (Å²) in [5.74, 6) is -0.755. The summed E-state index contributed by atoms with van der Waals surface area (Å²) in [7, 11) is 0. The van der Waals surface area contributed by atoms with Gasteiger partial charge in [0.15, 0.2) is 5.82 Å². The lowest BCUT2D eigenvalue weighted by atomic mass is 10.0. The molecule has 1 aliphatic rings. The summed E-state index contributed by atoms with van der Waals surface area (Å²) in [5.41, 5.74) is 0.674. The van der Waals surface area contributed by atoms with Crippen LogP contribution in [0.3, 0.4) is 0 Å². The number of fused-ring (bicyclic) bond motifs is 1. The number of likely N-dealkylation sites (tertiary alicyclic amines) is 1. The molecule has 0 saturated carbocycles. The minimum atomic E-state index is -0.538. The van der Waals surface area contributed by atoms with Crippen LogP contribution in [0.25, 0.3) is 10.9 Å². The third-order valence-electron chi connectivity index (χ3n) is 4.52. The van der Waals surface area contributed by atoms with Crippen LogP contribution in [-0.4, -0.2) is 45.0 Å². The van der Waals surface area contributed by atoms with Gasteiger partial charge in [0.25, 0.3) is 5.91 Å². The van der Waals surface area contributed by atoms with Crippen molar-refractivity contribution in [3.05, 3.63) is 64.5 Å². The van der Waals surface area contributed by atoms with E-state index in [1.807, 2.05) is 12.1 Å². The fourth-order valence-corrected chi connectivity index (χ4v) is 3.28. The van der Waals surface area contributed by atoms with Gasteiger partial charge >= 0.3 is 6.01 Å². The molecule has 0 radical (unpaired) electrons. The summed E-state index contributed by atoms with van der Waals surface area (Å²) in [4.78, 5) is 37.0. The van der Waals surface area contributed by atoms with E-state index in [1.54, 1.807) is 17.0 Å². The van der Waals surface area contributed by atoms with Crippen molar-refractivity contribution in [1.29, 1.82) is 0 Å². The molecule has 1 N–H and O–H groups in total. The largest absolute Gasteiger partial charge is 0.458 e. The fraction of sp³-hybridized carbons (Fsp3) is 0.263. The van der Waals surface area contributed by atoms with E-state index < -0.39 is 5.82 Å². The van der Waals surface area contributed by atoms with Gasteiger partial charge in [-0.3, -0.25) is 9.59 Å². The van der Waals surface area contributed by atoms with Gasteiger partial charge in [-0.2, -0.15) is 0 Å². The lowest BCUT2D eigenvalue weighted by Gasteiger charge is -2.32. The summed E-state index contributed by atoms with van der Waals surface area (Å²) in [6, 6.07) is 8.62. The number of rotatable bonds is 3. The molecule has 1 unspecified atom stereocenters. The first-order valence-corrected chi connectivity index (χ1v) is 8.66. The van der Waals surface area contributed by atoms with Gasteiger partial charge in [0.1, 0.15) is 6.10 Å². The van der Waals surface area contributed by atoms with Crippen LogP contribution >= 0.6 is 0 Å². The van der Waals surface area contributed by atoms with Crippen LogP contribution in [0.15, 0.2) is 47.5 Å². The zero-order valence-electron chi connectivity index (χ0n) is 14.4. The number of carbonyl (C=O) groups excluding carboxylic acids is 1. The molecule has 7 nitrogen and oxygen atoms in total. The van der Waals surface area contributed by atoms with Crippen molar-refractivity contribution in [2.75, 3.05) is 13.1 Å². The van der Waals surface area contributed by atoms with Gasteiger partial charge in [0.2, 0.25) is 5.56 Å². The van der Waals surface area contributed by atoms with Crippen LogP contribution in [-0.2, 0) is 0 Å². The van der Waals surface area contributed by atoms with Gasteiger partial charge in [0.05, 0.1) is 24.5 Å². The first kappa shape index (κ1) is 17.1. The molecule has 4 rings (SSSR count). The van der Waals surface area contributed by atoms with Crippen molar-refractivity contribution in [2.45, 2.75) is 18.9 Å². The number of piperidine rings is 1. The van der Waals surface area contributed by atoms with E-state index in [4.69, 9.17) is 4.74 Å². The lowest BCUT2D eigenvalue weighted by Crippen LogP contribution is -2.44. The average molecular weight is 368 g/mol. The minimum absolute atomic E-state index is 0.0808. The fourth-order valence-electron chi connectivity index (χ4n) is 3.28. The number of benzene rings is 1. The number of aromatic nitrogens is 3. The molecule has 3 aromatic rings. The standard InChI is InChI=1S/C19H17FN4O3/c20-12-9-21-19(22-10-12)27-13-4-3-7-24(11-13)18(26)15-8-17(25)23-16-6-2-1-5-14(15)16/h1-2,5-6,8-10,13H,3-4,7,11H2,(H,23,25). The number of amides is 1. The molecule has 1 aliphatic heterocycles. The van der Waals surface area contributed by atoms with Crippen molar-refractivity contribution in [3.8, 4) is 6.01 Å². The molecule has 1 saturated heterocycles. The van der Waals surface area contributed by atoms with E-state index >= 15 is 0 Å². The molecule has 1 amide bonds. The van der Waals surface area contributed by atoms with Gasteiger partial charge in [-0.25, -0.2) is 14.4 Å². The van der Waals surface area contributed by atoms with Crippen molar-refractivity contribution in [1.82, 2.24) is 19.9 Å². The summed E-state index contributed by atoms with van der Waals surface area (Å²) in [5, 5.41) is 0.701. The van der Waals surface area contributed by atoms with Crippen molar-refractivity contribution in [3.63, 3.8) is 0 Å².